The second-order valence-corrected chi connectivity index (χ2v) is 5.45. The number of rotatable bonds is 3. The molecule has 0 radical (unpaired) electrons. The van der Waals surface area contributed by atoms with E-state index in [2.05, 4.69) is 0 Å². The molecule has 2 atom stereocenters. The van der Waals surface area contributed by atoms with Gasteiger partial charge >= 0.3 is 5.97 Å². The Morgan fingerprint density at radius 1 is 1.42 bits per heavy atom. The summed E-state index contributed by atoms with van der Waals surface area (Å²) in [6.45, 7) is 0. The van der Waals surface area contributed by atoms with Gasteiger partial charge < -0.3 is 9.64 Å². The summed E-state index contributed by atoms with van der Waals surface area (Å²) in [6.07, 6.45) is 0. The van der Waals surface area contributed by atoms with Gasteiger partial charge in [-0.05, 0) is 5.56 Å². The molecule has 2 unspecified atom stereocenters. The summed E-state index contributed by atoms with van der Waals surface area (Å²) in [5.74, 6) is -0.271. The second kappa shape index (κ2) is 6.30. The SMILES string of the molecule is COC(=O)C1CSC(c2ccccc2)N1C(=O)CCl. The average molecular weight is 300 g/mol. The molecular weight excluding hydrogens is 286 g/mol. The van der Waals surface area contributed by atoms with Crippen LogP contribution in [0.3, 0.4) is 0 Å². The molecule has 1 aromatic carbocycles. The third kappa shape index (κ3) is 2.87. The number of nitrogens with zero attached hydrogens (tertiary/aromatic N) is 1. The van der Waals surface area contributed by atoms with Crippen LogP contribution >= 0.6 is 23.4 Å². The van der Waals surface area contributed by atoms with Crippen LogP contribution in [0.5, 0.6) is 0 Å². The Morgan fingerprint density at radius 3 is 2.68 bits per heavy atom. The summed E-state index contributed by atoms with van der Waals surface area (Å²) in [4.78, 5) is 25.3. The van der Waals surface area contributed by atoms with Gasteiger partial charge in [-0.2, -0.15) is 0 Å². The highest BCUT2D eigenvalue weighted by Crippen LogP contribution is 2.41. The lowest BCUT2D eigenvalue weighted by Crippen LogP contribution is -2.44. The number of hydrogen-bond acceptors (Lipinski definition) is 4. The lowest BCUT2D eigenvalue weighted by Gasteiger charge is -2.27. The van der Waals surface area contributed by atoms with Gasteiger partial charge in [-0.15, -0.1) is 23.4 Å². The summed E-state index contributed by atoms with van der Waals surface area (Å²) in [5.41, 5.74) is 0.984. The van der Waals surface area contributed by atoms with Crippen molar-refractivity contribution in [2.45, 2.75) is 11.4 Å². The Labute approximate surface area is 121 Å². The molecule has 0 saturated carbocycles. The summed E-state index contributed by atoms with van der Waals surface area (Å²) in [5, 5.41) is -0.184. The van der Waals surface area contributed by atoms with Crippen molar-refractivity contribution in [3.05, 3.63) is 35.9 Å². The molecule has 1 aliphatic rings. The van der Waals surface area contributed by atoms with E-state index in [0.717, 1.165) is 5.56 Å². The molecule has 4 nitrogen and oxygen atoms in total. The molecular formula is C13H14ClNO3S. The minimum atomic E-state index is -0.563. The quantitative estimate of drug-likeness (QED) is 0.633. The number of carbonyl (C=O) groups is 2. The fraction of sp³-hybridized carbons (Fsp3) is 0.385. The second-order valence-electron chi connectivity index (χ2n) is 4.07. The molecule has 0 aliphatic carbocycles. The first-order valence-corrected chi connectivity index (χ1v) is 7.39. The van der Waals surface area contributed by atoms with Crippen LogP contribution in [0.15, 0.2) is 30.3 Å². The first-order valence-electron chi connectivity index (χ1n) is 5.80. The summed E-state index contributed by atoms with van der Waals surface area (Å²) < 4.78 is 4.75. The maximum atomic E-state index is 12.0. The van der Waals surface area contributed by atoms with Crippen molar-refractivity contribution in [1.29, 1.82) is 0 Å². The van der Waals surface area contributed by atoms with Gasteiger partial charge in [-0.1, -0.05) is 30.3 Å². The summed E-state index contributed by atoms with van der Waals surface area (Å²) >= 11 is 7.19. The lowest BCUT2D eigenvalue weighted by molar-refractivity contribution is -0.150. The molecule has 2 rings (SSSR count). The number of hydrogen-bond donors (Lipinski definition) is 0. The molecule has 1 saturated heterocycles. The molecule has 1 aromatic rings. The minimum absolute atomic E-state index is 0.141. The minimum Gasteiger partial charge on any atom is -0.467 e. The third-order valence-corrected chi connectivity index (χ3v) is 4.51. The van der Waals surface area contributed by atoms with E-state index < -0.39 is 12.0 Å². The van der Waals surface area contributed by atoms with Gasteiger partial charge in [0, 0.05) is 5.75 Å². The molecule has 0 bridgehead atoms. The van der Waals surface area contributed by atoms with Gasteiger partial charge in [0.05, 0.1) is 7.11 Å². The van der Waals surface area contributed by atoms with Crippen LogP contribution < -0.4 is 0 Å². The van der Waals surface area contributed by atoms with Crippen molar-refractivity contribution in [3.63, 3.8) is 0 Å². The third-order valence-electron chi connectivity index (χ3n) is 2.96. The van der Waals surface area contributed by atoms with Gasteiger partial charge in [0.2, 0.25) is 5.91 Å². The van der Waals surface area contributed by atoms with Gasteiger partial charge in [0.15, 0.2) is 0 Å². The fourth-order valence-corrected chi connectivity index (χ4v) is 3.65. The zero-order chi connectivity index (χ0) is 13.8. The normalized spacial score (nSPS) is 22.3. The van der Waals surface area contributed by atoms with E-state index in [-0.39, 0.29) is 17.2 Å². The number of methoxy groups -OCH3 is 1. The van der Waals surface area contributed by atoms with E-state index >= 15 is 0 Å². The molecule has 102 valence electrons. The predicted octanol–water partition coefficient (Wildman–Crippen LogP) is 2.04. The van der Waals surface area contributed by atoms with E-state index in [4.69, 9.17) is 16.3 Å². The predicted molar refractivity (Wildman–Crippen MR) is 75.0 cm³/mol. The van der Waals surface area contributed by atoms with Crippen molar-refractivity contribution in [2.75, 3.05) is 18.7 Å². The van der Waals surface area contributed by atoms with Crippen molar-refractivity contribution in [3.8, 4) is 0 Å². The average Bonchev–Trinajstić information content (AvgIpc) is 2.91. The van der Waals surface area contributed by atoms with Crippen LogP contribution in [0.25, 0.3) is 0 Å². The maximum Gasteiger partial charge on any atom is 0.329 e. The monoisotopic (exact) mass is 299 g/mol. The van der Waals surface area contributed by atoms with Crippen molar-refractivity contribution in [2.24, 2.45) is 0 Å². The standard InChI is InChI=1S/C13H14ClNO3S/c1-18-13(17)10-8-19-12(15(10)11(16)7-14)9-5-3-2-4-6-9/h2-6,10,12H,7-8H2,1H3. The highest BCUT2D eigenvalue weighted by Gasteiger charge is 2.42. The number of halogens is 1. The van der Waals surface area contributed by atoms with E-state index in [9.17, 15) is 9.59 Å². The lowest BCUT2D eigenvalue weighted by atomic mass is 10.2. The number of benzene rings is 1. The molecule has 1 amide bonds. The zero-order valence-corrected chi connectivity index (χ0v) is 12.0. The number of esters is 1. The van der Waals surface area contributed by atoms with Crippen LogP contribution in [0.4, 0.5) is 0 Å². The fourth-order valence-electron chi connectivity index (χ4n) is 2.07. The van der Waals surface area contributed by atoms with E-state index in [1.54, 1.807) is 11.8 Å². The van der Waals surface area contributed by atoms with E-state index in [1.165, 1.54) is 12.0 Å². The molecule has 1 heterocycles. The van der Waals surface area contributed by atoms with E-state index in [0.29, 0.717) is 5.75 Å². The molecule has 0 N–H and O–H groups in total. The molecule has 1 aliphatic heterocycles. The van der Waals surface area contributed by atoms with Gasteiger partial charge in [0.1, 0.15) is 17.3 Å². The Bertz CT molecular complexity index is 468. The molecule has 19 heavy (non-hydrogen) atoms. The van der Waals surface area contributed by atoms with Crippen molar-refractivity contribution < 1.29 is 14.3 Å². The van der Waals surface area contributed by atoms with E-state index in [1.807, 2.05) is 30.3 Å². The number of alkyl halides is 1. The first-order chi connectivity index (χ1) is 9.19. The Morgan fingerprint density at radius 2 is 2.11 bits per heavy atom. The van der Waals surface area contributed by atoms with Gasteiger partial charge in [-0.25, -0.2) is 4.79 Å². The van der Waals surface area contributed by atoms with Crippen LogP contribution in [-0.4, -0.2) is 41.6 Å². The molecule has 1 fully saturated rings. The number of carbonyl (C=O) groups excluding carboxylic acids is 2. The smallest absolute Gasteiger partial charge is 0.329 e. The van der Waals surface area contributed by atoms with Gasteiger partial charge in [0.25, 0.3) is 0 Å². The number of ether oxygens (including phenoxy) is 1. The topological polar surface area (TPSA) is 46.6 Å². The van der Waals surface area contributed by atoms with Crippen LogP contribution in [0, 0.1) is 0 Å². The molecule has 0 spiro atoms. The van der Waals surface area contributed by atoms with Gasteiger partial charge in [-0.3, -0.25) is 4.79 Å². The Balaban J connectivity index is 2.29. The molecule has 6 heteroatoms. The summed E-state index contributed by atoms with van der Waals surface area (Å²) in [6, 6.07) is 9.04. The van der Waals surface area contributed by atoms with Crippen LogP contribution in [0.2, 0.25) is 0 Å². The van der Waals surface area contributed by atoms with Crippen molar-refractivity contribution >= 4 is 35.2 Å². The Hall–Kier alpha value is -1.20. The Kier molecular flexibility index (Phi) is 4.71. The van der Waals surface area contributed by atoms with Crippen molar-refractivity contribution in [1.82, 2.24) is 4.90 Å². The molecule has 0 aromatic heterocycles. The number of amides is 1. The zero-order valence-electron chi connectivity index (χ0n) is 10.4. The maximum absolute atomic E-state index is 12.0. The summed E-state index contributed by atoms with van der Waals surface area (Å²) in [7, 11) is 1.33. The first kappa shape index (κ1) is 14.2. The highest BCUT2D eigenvalue weighted by molar-refractivity contribution is 7.99. The van der Waals surface area contributed by atoms with Crippen LogP contribution in [-0.2, 0) is 14.3 Å². The number of thioether (sulfide) groups is 1. The highest BCUT2D eigenvalue weighted by atomic mass is 35.5. The largest absolute Gasteiger partial charge is 0.467 e. The van der Waals surface area contributed by atoms with Crippen LogP contribution in [0.1, 0.15) is 10.9 Å².